The summed E-state index contributed by atoms with van der Waals surface area (Å²) in [6.45, 7) is 2.55. The van der Waals surface area contributed by atoms with Gasteiger partial charge in [0.25, 0.3) is 11.8 Å². The summed E-state index contributed by atoms with van der Waals surface area (Å²) in [5.41, 5.74) is 5.06. The van der Waals surface area contributed by atoms with E-state index in [1.807, 2.05) is 30.5 Å². The SMILES string of the molecule is COc1ccccc1/C=C1\Oc2ccc(C(=O)NCCc3c[nH]c4ccc(C)cc34)cc2NC1=O. The van der Waals surface area contributed by atoms with Crippen molar-refractivity contribution in [1.29, 1.82) is 0 Å². The largest absolute Gasteiger partial charge is 0.496 e. The molecule has 35 heavy (non-hydrogen) atoms. The summed E-state index contributed by atoms with van der Waals surface area (Å²) in [7, 11) is 1.57. The van der Waals surface area contributed by atoms with E-state index >= 15 is 0 Å². The fourth-order valence-electron chi connectivity index (χ4n) is 4.14. The van der Waals surface area contributed by atoms with Crippen molar-refractivity contribution in [2.75, 3.05) is 19.0 Å². The Morgan fingerprint density at radius 1 is 1.11 bits per heavy atom. The van der Waals surface area contributed by atoms with Crippen LogP contribution in [0.2, 0.25) is 0 Å². The van der Waals surface area contributed by atoms with Crippen LogP contribution in [0.25, 0.3) is 17.0 Å². The molecule has 2 amide bonds. The zero-order chi connectivity index (χ0) is 24.4. The normalized spacial score (nSPS) is 13.8. The fraction of sp³-hybridized carbons (Fsp3) is 0.143. The Morgan fingerprint density at radius 2 is 1.97 bits per heavy atom. The van der Waals surface area contributed by atoms with Crippen LogP contribution >= 0.6 is 0 Å². The van der Waals surface area contributed by atoms with Crippen molar-refractivity contribution < 1.29 is 19.1 Å². The molecule has 2 heterocycles. The number of carbonyl (C=O) groups is 2. The third kappa shape index (κ3) is 4.61. The van der Waals surface area contributed by atoms with E-state index in [4.69, 9.17) is 9.47 Å². The first-order valence-corrected chi connectivity index (χ1v) is 11.3. The molecular formula is C28H25N3O4. The Hall–Kier alpha value is -4.52. The fourth-order valence-corrected chi connectivity index (χ4v) is 4.14. The van der Waals surface area contributed by atoms with Crippen LogP contribution in [-0.2, 0) is 11.2 Å². The first-order valence-electron chi connectivity index (χ1n) is 11.3. The van der Waals surface area contributed by atoms with E-state index in [-0.39, 0.29) is 11.7 Å². The van der Waals surface area contributed by atoms with Gasteiger partial charge in [-0.3, -0.25) is 9.59 Å². The first-order chi connectivity index (χ1) is 17.0. The summed E-state index contributed by atoms with van der Waals surface area (Å²) in [5, 5.41) is 6.94. The maximum atomic E-state index is 12.7. The van der Waals surface area contributed by atoms with Crippen LogP contribution in [0.1, 0.15) is 27.0 Å². The van der Waals surface area contributed by atoms with Gasteiger partial charge in [0.1, 0.15) is 5.75 Å². The molecule has 1 aromatic heterocycles. The number of H-pyrrole nitrogens is 1. The molecule has 7 nitrogen and oxygen atoms in total. The highest BCUT2D eigenvalue weighted by atomic mass is 16.5. The molecule has 4 aromatic rings. The highest BCUT2D eigenvalue weighted by Gasteiger charge is 2.23. The van der Waals surface area contributed by atoms with Gasteiger partial charge in [-0.2, -0.15) is 0 Å². The number of nitrogens with one attached hydrogen (secondary N) is 3. The Morgan fingerprint density at radius 3 is 2.83 bits per heavy atom. The number of benzene rings is 3. The zero-order valence-electron chi connectivity index (χ0n) is 19.5. The summed E-state index contributed by atoms with van der Waals surface area (Å²) in [4.78, 5) is 28.6. The molecule has 0 aliphatic carbocycles. The molecule has 5 rings (SSSR count). The third-order valence-electron chi connectivity index (χ3n) is 5.96. The van der Waals surface area contributed by atoms with Crippen molar-refractivity contribution in [2.24, 2.45) is 0 Å². The molecule has 0 spiro atoms. The van der Waals surface area contributed by atoms with Gasteiger partial charge in [0.05, 0.1) is 12.8 Å². The highest BCUT2D eigenvalue weighted by molar-refractivity contribution is 6.09. The minimum atomic E-state index is -0.393. The van der Waals surface area contributed by atoms with Crippen molar-refractivity contribution in [2.45, 2.75) is 13.3 Å². The number of methoxy groups -OCH3 is 1. The second-order valence-corrected chi connectivity index (χ2v) is 8.39. The van der Waals surface area contributed by atoms with E-state index < -0.39 is 5.91 Å². The summed E-state index contributed by atoms with van der Waals surface area (Å²) in [6.07, 6.45) is 4.32. The lowest BCUT2D eigenvalue weighted by Crippen LogP contribution is -2.27. The van der Waals surface area contributed by atoms with Gasteiger partial charge in [-0.1, -0.05) is 29.8 Å². The number of aryl methyl sites for hydroxylation is 1. The molecule has 1 aliphatic rings. The molecule has 1 aliphatic heterocycles. The predicted octanol–water partition coefficient (Wildman–Crippen LogP) is 4.83. The number of hydrogen-bond donors (Lipinski definition) is 3. The summed E-state index contributed by atoms with van der Waals surface area (Å²) >= 11 is 0. The number of aromatic nitrogens is 1. The van der Waals surface area contributed by atoms with Crippen molar-refractivity contribution in [3.8, 4) is 11.5 Å². The van der Waals surface area contributed by atoms with Crippen LogP contribution in [0.15, 0.2) is 72.6 Å². The Balaban J connectivity index is 1.26. The number of aromatic amines is 1. The summed E-state index contributed by atoms with van der Waals surface area (Å²) < 4.78 is 11.2. The van der Waals surface area contributed by atoms with Crippen LogP contribution in [0, 0.1) is 6.92 Å². The minimum absolute atomic E-state index is 0.146. The van der Waals surface area contributed by atoms with Gasteiger partial charge < -0.3 is 25.1 Å². The lowest BCUT2D eigenvalue weighted by Gasteiger charge is -2.20. The molecular weight excluding hydrogens is 442 g/mol. The first kappa shape index (κ1) is 22.3. The van der Waals surface area contributed by atoms with Gasteiger partial charge in [-0.15, -0.1) is 0 Å². The quantitative estimate of drug-likeness (QED) is 0.354. The molecule has 0 atom stereocenters. The van der Waals surface area contributed by atoms with Gasteiger partial charge in [-0.25, -0.2) is 0 Å². The van der Waals surface area contributed by atoms with Crippen molar-refractivity contribution in [3.63, 3.8) is 0 Å². The van der Waals surface area contributed by atoms with Crippen LogP contribution in [0.4, 0.5) is 5.69 Å². The van der Waals surface area contributed by atoms with Crippen molar-refractivity contribution >= 4 is 34.5 Å². The average molecular weight is 468 g/mol. The summed E-state index contributed by atoms with van der Waals surface area (Å²) in [5.74, 6) is 0.644. The monoisotopic (exact) mass is 467 g/mol. The van der Waals surface area contributed by atoms with Gasteiger partial charge in [0.15, 0.2) is 11.5 Å². The number of anilines is 1. The summed E-state index contributed by atoms with van der Waals surface area (Å²) in [6, 6.07) is 18.6. The van der Waals surface area contributed by atoms with Crippen molar-refractivity contribution in [3.05, 3.63) is 94.9 Å². The number of para-hydroxylation sites is 1. The second kappa shape index (κ2) is 9.38. The van der Waals surface area contributed by atoms with E-state index in [0.717, 1.165) is 16.6 Å². The molecule has 0 bridgehead atoms. The van der Waals surface area contributed by atoms with Crippen LogP contribution in [0.5, 0.6) is 11.5 Å². The Kier molecular flexibility index (Phi) is 5.97. The number of amides is 2. The molecule has 0 saturated heterocycles. The maximum absolute atomic E-state index is 12.7. The molecule has 7 heteroatoms. The van der Waals surface area contributed by atoms with E-state index in [0.29, 0.717) is 35.7 Å². The van der Waals surface area contributed by atoms with E-state index in [1.54, 1.807) is 31.4 Å². The lowest BCUT2D eigenvalue weighted by atomic mass is 10.1. The van der Waals surface area contributed by atoms with Crippen LogP contribution in [0.3, 0.4) is 0 Å². The minimum Gasteiger partial charge on any atom is -0.496 e. The van der Waals surface area contributed by atoms with Crippen LogP contribution in [-0.4, -0.2) is 30.5 Å². The molecule has 0 unspecified atom stereocenters. The number of hydrogen-bond acceptors (Lipinski definition) is 4. The number of rotatable bonds is 6. The maximum Gasteiger partial charge on any atom is 0.291 e. The van der Waals surface area contributed by atoms with Gasteiger partial charge in [0.2, 0.25) is 0 Å². The second-order valence-electron chi connectivity index (χ2n) is 8.39. The lowest BCUT2D eigenvalue weighted by molar-refractivity contribution is -0.115. The number of fused-ring (bicyclic) bond motifs is 2. The highest BCUT2D eigenvalue weighted by Crippen LogP contribution is 2.33. The molecule has 3 aromatic carbocycles. The smallest absolute Gasteiger partial charge is 0.291 e. The molecule has 3 N–H and O–H groups in total. The van der Waals surface area contributed by atoms with Crippen molar-refractivity contribution in [1.82, 2.24) is 10.3 Å². The van der Waals surface area contributed by atoms with E-state index in [1.165, 1.54) is 10.9 Å². The van der Waals surface area contributed by atoms with E-state index in [2.05, 4.69) is 40.7 Å². The Labute approximate surface area is 202 Å². The number of ether oxygens (including phenoxy) is 2. The molecule has 0 saturated carbocycles. The topological polar surface area (TPSA) is 92.4 Å². The molecule has 0 fully saturated rings. The standard InChI is InChI=1S/C28H25N3O4/c1-17-7-9-22-21(13-17)20(16-30-22)11-12-29-27(32)19-8-10-25-23(14-19)31-28(33)26(35-25)15-18-5-3-4-6-24(18)34-2/h3-10,13-16,30H,11-12H2,1-2H3,(H,29,32)(H,31,33)/b26-15-. The van der Waals surface area contributed by atoms with E-state index in [9.17, 15) is 9.59 Å². The average Bonchev–Trinajstić information content (AvgIpc) is 3.26. The predicted molar refractivity (Wildman–Crippen MR) is 136 cm³/mol. The van der Waals surface area contributed by atoms with Crippen LogP contribution < -0.4 is 20.1 Å². The third-order valence-corrected chi connectivity index (χ3v) is 5.96. The zero-order valence-corrected chi connectivity index (χ0v) is 19.5. The van der Waals surface area contributed by atoms with Gasteiger partial charge >= 0.3 is 0 Å². The molecule has 176 valence electrons. The number of carbonyl (C=O) groups excluding carboxylic acids is 2. The Bertz CT molecular complexity index is 1470. The van der Waals surface area contributed by atoms with Gasteiger partial charge in [0, 0.05) is 34.8 Å². The van der Waals surface area contributed by atoms with Gasteiger partial charge in [-0.05, 0) is 61.4 Å². The molecule has 0 radical (unpaired) electrons.